The summed E-state index contributed by atoms with van der Waals surface area (Å²) in [5.74, 6) is 5.37. The number of likely N-dealkylation sites (tertiary alicyclic amines) is 1. The fraction of sp³-hybridized carbons (Fsp3) is 0.312. The van der Waals surface area contributed by atoms with E-state index < -0.39 is 0 Å². The Hall–Kier alpha value is -2.68. The molecule has 6 heteroatoms. The van der Waals surface area contributed by atoms with E-state index in [0.29, 0.717) is 23.8 Å². The topological polar surface area (TPSA) is 59.2 Å². The minimum atomic E-state index is -0.321. The highest BCUT2D eigenvalue weighted by Gasteiger charge is 2.33. The molecular weight excluding hydrogens is 285 g/mol. The van der Waals surface area contributed by atoms with E-state index in [1.54, 1.807) is 24.0 Å². The van der Waals surface area contributed by atoms with Gasteiger partial charge in [-0.15, -0.1) is 0 Å². The van der Waals surface area contributed by atoms with Crippen molar-refractivity contribution < 1.29 is 13.7 Å². The Bertz CT molecular complexity index is 743. The molecule has 0 spiro atoms. The number of hydrogen-bond acceptors (Lipinski definition) is 4. The summed E-state index contributed by atoms with van der Waals surface area (Å²) in [5, 5.41) is 3.92. The van der Waals surface area contributed by atoms with Gasteiger partial charge in [0.2, 0.25) is 11.7 Å². The highest BCUT2D eigenvalue weighted by Crippen LogP contribution is 2.31. The molecule has 112 valence electrons. The van der Waals surface area contributed by atoms with Crippen molar-refractivity contribution in [3.05, 3.63) is 36.0 Å². The number of aromatic nitrogens is 2. The zero-order chi connectivity index (χ0) is 15.5. The van der Waals surface area contributed by atoms with E-state index >= 15 is 0 Å². The summed E-state index contributed by atoms with van der Waals surface area (Å²) in [6.45, 7) is 2.26. The molecule has 5 nitrogen and oxygen atoms in total. The normalized spacial score (nSPS) is 17.2. The van der Waals surface area contributed by atoms with E-state index in [4.69, 9.17) is 4.52 Å². The first-order chi connectivity index (χ1) is 10.7. The van der Waals surface area contributed by atoms with Gasteiger partial charge in [-0.25, -0.2) is 4.39 Å². The van der Waals surface area contributed by atoms with Gasteiger partial charge in [0.05, 0.1) is 0 Å². The van der Waals surface area contributed by atoms with Gasteiger partial charge in [0.1, 0.15) is 11.9 Å². The van der Waals surface area contributed by atoms with Crippen molar-refractivity contribution in [1.82, 2.24) is 15.0 Å². The number of benzene rings is 1. The molecule has 0 bridgehead atoms. The van der Waals surface area contributed by atoms with Crippen LogP contribution >= 0.6 is 0 Å². The fourth-order valence-electron chi connectivity index (χ4n) is 2.53. The first-order valence-electron chi connectivity index (χ1n) is 7.02. The summed E-state index contributed by atoms with van der Waals surface area (Å²) in [6, 6.07) is 5.62. The minimum Gasteiger partial charge on any atom is -0.337 e. The second kappa shape index (κ2) is 5.98. The van der Waals surface area contributed by atoms with Crippen molar-refractivity contribution in [2.45, 2.75) is 25.8 Å². The molecule has 1 aliphatic rings. The molecule has 1 aliphatic heterocycles. The maximum Gasteiger partial charge on any atom is 0.299 e. The van der Waals surface area contributed by atoms with Crippen LogP contribution in [0.15, 0.2) is 28.8 Å². The molecule has 1 atom stereocenters. The van der Waals surface area contributed by atoms with Crippen LogP contribution in [-0.2, 0) is 4.79 Å². The van der Waals surface area contributed by atoms with Gasteiger partial charge in [0.15, 0.2) is 0 Å². The molecule has 1 aromatic carbocycles. The number of hydrogen-bond donors (Lipinski definition) is 0. The lowest BCUT2D eigenvalue weighted by molar-refractivity contribution is -0.126. The molecular formula is C16H14FN3O2. The summed E-state index contributed by atoms with van der Waals surface area (Å²) in [4.78, 5) is 18.0. The SMILES string of the molecule is CC#CC(=O)N1CCC[C@H]1c1nc(-c2ccc(F)cc2)no1. The number of amides is 1. The third-order valence-corrected chi connectivity index (χ3v) is 3.57. The van der Waals surface area contributed by atoms with Crippen molar-refractivity contribution in [2.24, 2.45) is 0 Å². The second-order valence-corrected chi connectivity index (χ2v) is 4.99. The van der Waals surface area contributed by atoms with E-state index in [1.165, 1.54) is 12.1 Å². The zero-order valence-corrected chi connectivity index (χ0v) is 12.0. The second-order valence-electron chi connectivity index (χ2n) is 4.99. The standard InChI is InChI=1S/C16H14FN3O2/c1-2-4-14(21)20-10-3-5-13(20)16-18-15(19-22-16)11-6-8-12(17)9-7-11/h6-9,13H,3,5,10H2,1H3/t13-/m0/s1. The zero-order valence-electron chi connectivity index (χ0n) is 12.0. The van der Waals surface area contributed by atoms with Crippen LogP contribution < -0.4 is 0 Å². The summed E-state index contributed by atoms with van der Waals surface area (Å²) in [5.41, 5.74) is 0.667. The Kier molecular flexibility index (Phi) is 3.88. The lowest BCUT2D eigenvalue weighted by Gasteiger charge is -2.18. The van der Waals surface area contributed by atoms with Crippen molar-refractivity contribution in [3.8, 4) is 23.2 Å². The van der Waals surface area contributed by atoms with E-state index in [0.717, 1.165) is 12.8 Å². The number of rotatable bonds is 2. The van der Waals surface area contributed by atoms with Crippen molar-refractivity contribution in [3.63, 3.8) is 0 Å². The molecule has 1 amide bonds. The number of carbonyl (C=O) groups excluding carboxylic acids is 1. The number of nitrogens with zero attached hydrogens (tertiary/aromatic N) is 3. The Morgan fingerprint density at radius 2 is 2.18 bits per heavy atom. The van der Waals surface area contributed by atoms with E-state index in [-0.39, 0.29) is 17.8 Å². The summed E-state index contributed by atoms with van der Waals surface area (Å²) in [6.07, 6.45) is 1.64. The van der Waals surface area contributed by atoms with Crippen LogP contribution in [0.1, 0.15) is 31.7 Å². The summed E-state index contributed by atoms with van der Waals surface area (Å²) < 4.78 is 18.2. The third-order valence-electron chi connectivity index (χ3n) is 3.57. The highest BCUT2D eigenvalue weighted by atomic mass is 19.1. The van der Waals surface area contributed by atoms with Gasteiger partial charge < -0.3 is 9.42 Å². The smallest absolute Gasteiger partial charge is 0.299 e. The summed E-state index contributed by atoms with van der Waals surface area (Å²) >= 11 is 0. The van der Waals surface area contributed by atoms with Crippen LogP contribution in [0, 0.1) is 17.7 Å². The van der Waals surface area contributed by atoms with Gasteiger partial charge in [0.25, 0.3) is 5.91 Å². The lowest BCUT2D eigenvalue weighted by Crippen LogP contribution is -2.29. The van der Waals surface area contributed by atoms with Gasteiger partial charge >= 0.3 is 0 Å². The first kappa shape index (κ1) is 14.3. The molecule has 2 heterocycles. The molecule has 0 aliphatic carbocycles. The largest absolute Gasteiger partial charge is 0.337 e. The van der Waals surface area contributed by atoms with E-state index in [2.05, 4.69) is 22.0 Å². The van der Waals surface area contributed by atoms with Gasteiger partial charge in [-0.2, -0.15) is 4.98 Å². The predicted molar refractivity (Wildman–Crippen MR) is 76.8 cm³/mol. The quantitative estimate of drug-likeness (QED) is 0.800. The predicted octanol–water partition coefficient (Wildman–Crippen LogP) is 2.56. The van der Waals surface area contributed by atoms with E-state index in [1.807, 2.05) is 0 Å². The Morgan fingerprint density at radius 3 is 2.91 bits per heavy atom. The molecule has 0 unspecified atom stereocenters. The fourth-order valence-corrected chi connectivity index (χ4v) is 2.53. The van der Waals surface area contributed by atoms with Crippen molar-refractivity contribution >= 4 is 5.91 Å². The van der Waals surface area contributed by atoms with Crippen LogP contribution in [0.5, 0.6) is 0 Å². The van der Waals surface area contributed by atoms with Crippen LogP contribution in [0.4, 0.5) is 4.39 Å². The lowest BCUT2D eigenvalue weighted by atomic mass is 10.2. The summed E-state index contributed by atoms with van der Waals surface area (Å²) in [7, 11) is 0. The molecule has 3 rings (SSSR count). The first-order valence-corrected chi connectivity index (χ1v) is 7.02. The molecule has 0 N–H and O–H groups in total. The monoisotopic (exact) mass is 299 g/mol. The number of carbonyl (C=O) groups is 1. The van der Waals surface area contributed by atoms with Crippen LogP contribution in [0.25, 0.3) is 11.4 Å². The Labute approximate surface area is 127 Å². The van der Waals surface area contributed by atoms with Gasteiger partial charge in [-0.05, 0) is 50.0 Å². The van der Waals surface area contributed by atoms with Crippen LogP contribution in [-0.4, -0.2) is 27.5 Å². The maximum absolute atomic E-state index is 12.9. The third kappa shape index (κ3) is 2.70. The maximum atomic E-state index is 12.9. The van der Waals surface area contributed by atoms with E-state index in [9.17, 15) is 9.18 Å². The van der Waals surface area contributed by atoms with Crippen molar-refractivity contribution in [2.75, 3.05) is 6.54 Å². The van der Waals surface area contributed by atoms with Crippen LogP contribution in [0.2, 0.25) is 0 Å². The van der Waals surface area contributed by atoms with Crippen LogP contribution in [0.3, 0.4) is 0 Å². The van der Waals surface area contributed by atoms with Gasteiger partial charge in [-0.1, -0.05) is 11.1 Å². The molecule has 0 radical (unpaired) electrons. The molecule has 0 saturated carbocycles. The molecule has 1 fully saturated rings. The molecule has 1 aromatic heterocycles. The molecule has 22 heavy (non-hydrogen) atoms. The molecule has 1 saturated heterocycles. The van der Waals surface area contributed by atoms with Crippen molar-refractivity contribution in [1.29, 1.82) is 0 Å². The molecule has 2 aromatic rings. The Balaban J connectivity index is 1.84. The number of halogens is 1. The Morgan fingerprint density at radius 1 is 1.41 bits per heavy atom. The van der Waals surface area contributed by atoms with Gasteiger partial charge in [0, 0.05) is 12.1 Å². The van der Waals surface area contributed by atoms with Gasteiger partial charge in [-0.3, -0.25) is 4.79 Å². The average molecular weight is 299 g/mol. The highest BCUT2D eigenvalue weighted by molar-refractivity contribution is 5.93. The average Bonchev–Trinajstić information content (AvgIpc) is 3.17. The minimum absolute atomic E-state index is 0.230.